The summed E-state index contributed by atoms with van der Waals surface area (Å²) < 4.78 is 5.06. The number of aromatic nitrogens is 5. The van der Waals surface area contributed by atoms with E-state index in [4.69, 9.17) is 4.98 Å². The summed E-state index contributed by atoms with van der Waals surface area (Å²) in [7, 11) is 2.99. The van der Waals surface area contributed by atoms with Gasteiger partial charge in [-0.25, -0.2) is 14.8 Å². The van der Waals surface area contributed by atoms with E-state index in [1.54, 1.807) is 23.0 Å². The first-order chi connectivity index (χ1) is 14.9. The van der Waals surface area contributed by atoms with Gasteiger partial charge in [0.2, 0.25) is 5.91 Å². The maximum atomic E-state index is 13.1. The number of carbonyl (C=O) groups excluding carboxylic acids is 1. The molecule has 1 aliphatic heterocycles. The Morgan fingerprint density at radius 3 is 2.81 bits per heavy atom. The fourth-order valence-electron chi connectivity index (χ4n) is 4.23. The fourth-order valence-corrected chi connectivity index (χ4v) is 5.33. The minimum atomic E-state index is -0.450. The summed E-state index contributed by atoms with van der Waals surface area (Å²) >= 11 is 1.69. The van der Waals surface area contributed by atoms with E-state index in [1.165, 1.54) is 17.9 Å². The zero-order chi connectivity index (χ0) is 21.7. The molecule has 1 fully saturated rings. The van der Waals surface area contributed by atoms with Gasteiger partial charge in [-0.15, -0.1) is 11.3 Å². The quantitative estimate of drug-likeness (QED) is 0.483. The molecule has 0 radical (unpaired) electrons. The minimum absolute atomic E-state index is 0.0104. The molecule has 9 nitrogen and oxygen atoms in total. The standard InChI is InChI=1S/C21H22N6O3S/c1-24-18-17(20(29)25(2)21(24)30)27(12-22-18)11-16(28)26-9-5-6-13(10-26)19-23-14-7-3-4-8-15(14)31-19/h3-4,7-8,12-13H,5-6,9-11H2,1-2H3. The van der Waals surface area contributed by atoms with Crippen molar-refractivity contribution in [2.24, 2.45) is 14.1 Å². The minimum Gasteiger partial charge on any atom is -0.340 e. The average molecular weight is 439 g/mol. The Balaban J connectivity index is 1.39. The van der Waals surface area contributed by atoms with Gasteiger partial charge in [-0.05, 0) is 25.0 Å². The number of carbonyl (C=O) groups is 1. The van der Waals surface area contributed by atoms with Crippen molar-refractivity contribution in [3.8, 4) is 0 Å². The highest BCUT2D eigenvalue weighted by molar-refractivity contribution is 7.18. The number of hydrogen-bond donors (Lipinski definition) is 0. The molecule has 0 aliphatic carbocycles. The first-order valence-electron chi connectivity index (χ1n) is 10.2. The number of para-hydroxylation sites is 1. The summed E-state index contributed by atoms with van der Waals surface area (Å²) in [6, 6.07) is 8.08. The van der Waals surface area contributed by atoms with Gasteiger partial charge in [0.25, 0.3) is 5.56 Å². The first kappa shape index (κ1) is 19.7. The average Bonchev–Trinajstić information content (AvgIpc) is 3.41. The zero-order valence-electron chi connectivity index (χ0n) is 17.3. The van der Waals surface area contributed by atoms with E-state index in [0.717, 1.165) is 32.6 Å². The molecule has 1 saturated heterocycles. The molecule has 160 valence electrons. The van der Waals surface area contributed by atoms with Crippen LogP contribution in [-0.2, 0) is 25.4 Å². The lowest BCUT2D eigenvalue weighted by molar-refractivity contribution is -0.133. The van der Waals surface area contributed by atoms with Gasteiger partial charge >= 0.3 is 5.69 Å². The molecular weight excluding hydrogens is 416 g/mol. The van der Waals surface area contributed by atoms with Gasteiger partial charge in [-0.1, -0.05) is 12.1 Å². The van der Waals surface area contributed by atoms with Crippen molar-refractivity contribution < 1.29 is 4.79 Å². The number of piperidine rings is 1. The van der Waals surface area contributed by atoms with Gasteiger partial charge in [-0.2, -0.15) is 0 Å². The van der Waals surface area contributed by atoms with Gasteiger partial charge in [-0.3, -0.25) is 18.7 Å². The van der Waals surface area contributed by atoms with Crippen molar-refractivity contribution in [1.29, 1.82) is 0 Å². The summed E-state index contributed by atoms with van der Waals surface area (Å²) in [5.41, 5.74) is 0.653. The van der Waals surface area contributed by atoms with E-state index >= 15 is 0 Å². The molecule has 1 aromatic carbocycles. The fraction of sp³-hybridized carbons (Fsp3) is 0.381. The van der Waals surface area contributed by atoms with Crippen molar-refractivity contribution in [2.75, 3.05) is 13.1 Å². The monoisotopic (exact) mass is 438 g/mol. The number of fused-ring (bicyclic) bond motifs is 2. The molecule has 0 spiro atoms. The third-order valence-corrected chi connectivity index (χ3v) is 7.16. The van der Waals surface area contributed by atoms with Crippen molar-refractivity contribution in [3.05, 3.63) is 56.4 Å². The Morgan fingerprint density at radius 1 is 1.19 bits per heavy atom. The SMILES string of the molecule is Cn1c(=O)c2c(ncn2CC(=O)N2CCCC(c3nc4ccccc4s3)C2)n(C)c1=O. The lowest BCUT2D eigenvalue weighted by Gasteiger charge is -2.32. The van der Waals surface area contributed by atoms with Crippen LogP contribution in [0.4, 0.5) is 0 Å². The van der Waals surface area contributed by atoms with E-state index in [2.05, 4.69) is 11.1 Å². The second-order valence-electron chi connectivity index (χ2n) is 7.95. The van der Waals surface area contributed by atoms with Gasteiger partial charge in [0.15, 0.2) is 11.2 Å². The Bertz CT molecular complexity index is 1400. The smallest absolute Gasteiger partial charge is 0.332 e. The number of nitrogens with zero attached hydrogens (tertiary/aromatic N) is 6. The van der Waals surface area contributed by atoms with Crippen molar-refractivity contribution >= 4 is 38.6 Å². The van der Waals surface area contributed by atoms with Crippen LogP contribution in [0.5, 0.6) is 0 Å². The largest absolute Gasteiger partial charge is 0.340 e. The molecule has 4 heterocycles. The van der Waals surface area contributed by atoms with Gasteiger partial charge in [0, 0.05) is 33.1 Å². The Labute approximate surface area is 181 Å². The predicted octanol–water partition coefficient (Wildman–Crippen LogP) is 1.45. The van der Waals surface area contributed by atoms with Crippen LogP contribution >= 0.6 is 11.3 Å². The Kier molecular flexibility index (Phi) is 4.73. The number of amides is 1. The normalized spacial score (nSPS) is 17.0. The van der Waals surface area contributed by atoms with Crippen LogP contribution < -0.4 is 11.2 Å². The highest BCUT2D eigenvalue weighted by Crippen LogP contribution is 2.33. The van der Waals surface area contributed by atoms with E-state index in [-0.39, 0.29) is 29.5 Å². The molecule has 5 rings (SSSR count). The van der Waals surface area contributed by atoms with Crippen LogP contribution in [0.3, 0.4) is 0 Å². The molecule has 1 amide bonds. The van der Waals surface area contributed by atoms with E-state index in [0.29, 0.717) is 13.1 Å². The molecule has 3 aromatic heterocycles. The highest BCUT2D eigenvalue weighted by Gasteiger charge is 2.27. The number of likely N-dealkylation sites (tertiary alicyclic amines) is 1. The molecule has 1 aliphatic rings. The molecule has 4 aromatic rings. The molecule has 1 unspecified atom stereocenters. The summed E-state index contributed by atoms with van der Waals surface area (Å²) in [5, 5.41) is 1.07. The van der Waals surface area contributed by atoms with Crippen LogP contribution in [0.15, 0.2) is 40.2 Å². The van der Waals surface area contributed by atoms with Gasteiger partial charge < -0.3 is 9.47 Å². The second kappa shape index (κ2) is 7.45. The number of rotatable bonds is 3. The first-order valence-corrected chi connectivity index (χ1v) is 11.0. The zero-order valence-corrected chi connectivity index (χ0v) is 18.1. The highest BCUT2D eigenvalue weighted by atomic mass is 32.1. The number of aryl methyl sites for hydroxylation is 1. The van der Waals surface area contributed by atoms with E-state index < -0.39 is 11.2 Å². The number of hydrogen-bond acceptors (Lipinski definition) is 6. The Morgan fingerprint density at radius 2 is 2.00 bits per heavy atom. The number of benzene rings is 1. The summed E-state index contributed by atoms with van der Waals surface area (Å²) in [6.45, 7) is 1.31. The molecule has 0 saturated carbocycles. The van der Waals surface area contributed by atoms with Gasteiger partial charge in [0.1, 0.15) is 6.54 Å². The van der Waals surface area contributed by atoms with Crippen LogP contribution in [0, 0.1) is 0 Å². The molecule has 0 bridgehead atoms. The molecule has 0 N–H and O–H groups in total. The second-order valence-corrected chi connectivity index (χ2v) is 9.01. The Hall–Kier alpha value is -3.27. The van der Waals surface area contributed by atoms with Crippen LogP contribution in [0.1, 0.15) is 23.8 Å². The maximum Gasteiger partial charge on any atom is 0.332 e. The van der Waals surface area contributed by atoms with E-state index in [9.17, 15) is 14.4 Å². The van der Waals surface area contributed by atoms with Crippen LogP contribution in [-0.4, -0.2) is 47.6 Å². The number of thiazole rings is 1. The summed E-state index contributed by atoms with van der Waals surface area (Å²) in [4.78, 5) is 48.6. The maximum absolute atomic E-state index is 13.1. The molecule has 10 heteroatoms. The van der Waals surface area contributed by atoms with Crippen molar-refractivity contribution in [1.82, 2.24) is 28.6 Å². The summed E-state index contributed by atoms with van der Waals surface area (Å²) in [5.74, 6) is 0.143. The molecule has 31 heavy (non-hydrogen) atoms. The third kappa shape index (κ3) is 3.27. The lowest BCUT2D eigenvalue weighted by atomic mass is 9.98. The third-order valence-electron chi connectivity index (χ3n) is 5.96. The van der Waals surface area contributed by atoms with Crippen LogP contribution in [0.2, 0.25) is 0 Å². The van der Waals surface area contributed by atoms with Crippen molar-refractivity contribution in [3.63, 3.8) is 0 Å². The predicted molar refractivity (Wildman–Crippen MR) is 118 cm³/mol. The van der Waals surface area contributed by atoms with Crippen molar-refractivity contribution in [2.45, 2.75) is 25.3 Å². The molecule has 1 atom stereocenters. The summed E-state index contributed by atoms with van der Waals surface area (Å²) in [6.07, 6.45) is 3.37. The number of imidazole rings is 1. The van der Waals surface area contributed by atoms with E-state index in [1.807, 2.05) is 23.1 Å². The lowest BCUT2D eigenvalue weighted by Crippen LogP contribution is -2.41. The van der Waals surface area contributed by atoms with Crippen LogP contribution in [0.25, 0.3) is 21.4 Å². The van der Waals surface area contributed by atoms with Gasteiger partial charge in [0.05, 0.1) is 21.6 Å². The topological polar surface area (TPSA) is 95.0 Å². The molecular formula is C21H22N6O3S.